The van der Waals surface area contributed by atoms with Gasteiger partial charge in [0.15, 0.2) is 0 Å². The summed E-state index contributed by atoms with van der Waals surface area (Å²) >= 11 is 0. The van der Waals surface area contributed by atoms with Crippen LogP contribution in [0.1, 0.15) is 57.4 Å². The van der Waals surface area contributed by atoms with Crippen LogP contribution in [0, 0.1) is 17.3 Å². The molecule has 2 fully saturated rings. The van der Waals surface area contributed by atoms with Gasteiger partial charge in [0.05, 0.1) is 0 Å². The molecule has 0 amide bonds. The lowest BCUT2D eigenvalue weighted by molar-refractivity contribution is 0.255. The first-order valence-electron chi connectivity index (χ1n) is 8.48. The first-order chi connectivity index (χ1) is 9.72. The Morgan fingerprint density at radius 2 is 2.00 bits per heavy atom. The third-order valence-corrected chi connectivity index (χ3v) is 5.50. The van der Waals surface area contributed by atoms with Gasteiger partial charge < -0.3 is 5.32 Å². The SMILES string of the molecule is CC(C)CNCC1CC12CCCCC2c1ccccc1. The largest absolute Gasteiger partial charge is 0.316 e. The van der Waals surface area contributed by atoms with Crippen LogP contribution in [0.3, 0.4) is 0 Å². The van der Waals surface area contributed by atoms with Crippen molar-refractivity contribution in [2.45, 2.75) is 51.9 Å². The van der Waals surface area contributed by atoms with E-state index in [0.29, 0.717) is 5.41 Å². The lowest BCUT2D eigenvalue weighted by Gasteiger charge is -2.33. The molecule has 1 nitrogen and oxygen atoms in total. The molecule has 110 valence electrons. The molecular formula is C19H29N. The van der Waals surface area contributed by atoms with Gasteiger partial charge in [-0.1, -0.05) is 57.0 Å². The minimum Gasteiger partial charge on any atom is -0.316 e. The van der Waals surface area contributed by atoms with Gasteiger partial charge in [0, 0.05) is 0 Å². The predicted molar refractivity (Wildman–Crippen MR) is 85.9 cm³/mol. The summed E-state index contributed by atoms with van der Waals surface area (Å²) in [4.78, 5) is 0. The Morgan fingerprint density at radius 3 is 2.75 bits per heavy atom. The molecular weight excluding hydrogens is 242 g/mol. The summed E-state index contributed by atoms with van der Waals surface area (Å²) in [5.41, 5.74) is 2.24. The molecule has 1 N–H and O–H groups in total. The molecule has 3 rings (SSSR count). The number of nitrogens with one attached hydrogen (secondary N) is 1. The molecule has 3 atom stereocenters. The maximum absolute atomic E-state index is 3.69. The van der Waals surface area contributed by atoms with Gasteiger partial charge in [-0.3, -0.25) is 0 Å². The van der Waals surface area contributed by atoms with E-state index in [9.17, 15) is 0 Å². The van der Waals surface area contributed by atoms with E-state index >= 15 is 0 Å². The summed E-state index contributed by atoms with van der Waals surface area (Å²) in [5.74, 6) is 2.51. The Bertz CT molecular complexity index is 425. The molecule has 1 heteroatoms. The van der Waals surface area contributed by atoms with Gasteiger partial charge in [-0.15, -0.1) is 0 Å². The van der Waals surface area contributed by atoms with Gasteiger partial charge in [0.1, 0.15) is 0 Å². The molecule has 0 radical (unpaired) electrons. The Hall–Kier alpha value is -0.820. The minimum atomic E-state index is 0.642. The van der Waals surface area contributed by atoms with Gasteiger partial charge in [-0.05, 0) is 61.1 Å². The standard InChI is InChI=1S/C19H29N/c1-15(2)13-20-14-17-12-19(17)11-7-6-10-18(19)16-8-4-3-5-9-16/h3-5,8-9,15,17-18,20H,6-7,10-14H2,1-2H3. The van der Waals surface area contributed by atoms with Gasteiger partial charge in [-0.2, -0.15) is 0 Å². The smallest absolute Gasteiger partial charge is 0.00147 e. The second-order valence-corrected chi connectivity index (χ2v) is 7.40. The summed E-state index contributed by atoms with van der Waals surface area (Å²) in [7, 11) is 0. The number of hydrogen-bond donors (Lipinski definition) is 1. The van der Waals surface area contributed by atoms with Crippen molar-refractivity contribution in [3.05, 3.63) is 35.9 Å². The van der Waals surface area contributed by atoms with Crippen molar-refractivity contribution in [3.8, 4) is 0 Å². The summed E-state index contributed by atoms with van der Waals surface area (Å²) in [5, 5.41) is 3.69. The molecule has 0 aromatic heterocycles. The number of rotatable bonds is 5. The lowest BCUT2D eigenvalue weighted by Crippen LogP contribution is -2.27. The fourth-order valence-corrected chi connectivity index (χ4v) is 4.40. The predicted octanol–water partition coefficient (Wildman–Crippen LogP) is 4.60. The highest BCUT2D eigenvalue weighted by Gasteiger charge is 2.58. The highest BCUT2D eigenvalue weighted by molar-refractivity contribution is 5.27. The monoisotopic (exact) mass is 271 g/mol. The topological polar surface area (TPSA) is 12.0 Å². The lowest BCUT2D eigenvalue weighted by atomic mass is 9.71. The molecule has 0 heterocycles. The van der Waals surface area contributed by atoms with Gasteiger partial charge in [0.2, 0.25) is 0 Å². The van der Waals surface area contributed by atoms with E-state index in [-0.39, 0.29) is 0 Å². The minimum absolute atomic E-state index is 0.642. The van der Waals surface area contributed by atoms with Crippen LogP contribution < -0.4 is 5.32 Å². The van der Waals surface area contributed by atoms with Crippen molar-refractivity contribution in [1.29, 1.82) is 0 Å². The van der Waals surface area contributed by atoms with Crippen molar-refractivity contribution >= 4 is 0 Å². The highest BCUT2D eigenvalue weighted by Crippen LogP contribution is 2.67. The highest BCUT2D eigenvalue weighted by atomic mass is 14.9. The van der Waals surface area contributed by atoms with E-state index in [1.54, 1.807) is 5.56 Å². The number of benzene rings is 1. The Morgan fingerprint density at radius 1 is 1.20 bits per heavy atom. The molecule has 0 bridgehead atoms. The zero-order chi connectivity index (χ0) is 14.0. The van der Waals surface area contributed by atoms with Crippen molar-refractivity contribution in [3.63, 3.8) is 0 Å². The molecule has 2 aliphatic carbocycles. The molecule has 1 spiro atoms. The first kappa shape index (κ1) is 14.1. The van der Waals surface area contributed by atoms with Crippen LogP contribution in [0.2, 0.25) is 0 Å². The second-order valence-electron chi connectivity index (χ2n) is 7.40. The van der Waals surface area contributed by atoms with E-state index in [0.717, 1.165) is 17.8 Å². The Kier molecular flexibility index (Phi) is 4.16. The molecule has 20 heavy (non-hydrogen) atoms. The average Bonchev–Trinajstić information content (AvgIpc) is 3.13. The van der Waals surface area contributed by atoms with Crippen LogP contribution in [0.5, 0.6) is 0 Å². The van der Waals surface area contributed by atoms with Crippen molar-refractivity contribution < 1.29 is 0 Å². The normalized spacial score (nSPS) is 32.8. The molecule has 2 aliphatic rings. The molecule has 2 saturated carbocycles. The van der Waals surface area contributed by atoms with Crippen molar-refractivity contribution in [1.82, 2.24) is 5.32 Å². The third-order valence-electron chi connectivity index (χ3n) is 5.50. The molecule has 3 unspecified atom stereocenters. The van der Waals surface area contributed by atoms with Crippen molar-refractivity contribution in [2.24, 2.45) is 17.3 Å². The molecule has 0 aliphatic heterocycles. The zero-order valence-electron chi connectivity index (χ0n) is 13.1. The van der Waals surface area contributed by atoms with E-state index in [4.69, 9.17) is 0 Å². The van der Waals surface area contributed by atoms with Crippen LogP contribution in [0.15, 0.2) is 30.3 Å². The van der Waals surface area contributed by atoms with Crippen LogP contribution >= 0.6 is 0 Å². The summed E-state index contributed by atoms with van der Waals surface area (Å²) in [6.45, 7) is 7.00. The molecule has 1 aromatic carbocycles. The summed E-state index contributed by atoms with van der Waals surface area (Å²) in [6, 6.07) is 11.3. The maximum atomic E-state index is 3.69. The van der Waals surface area contributed by atoms with E-state index in [1.807, 2.05) is 0 Å². The maximum Gasteiger partial charge on any atom is -0.00147 e. The summed E-state index contributed by atoms with van der Waals surface area (Å²) in [6.07, 6.45) is 7.19. The zero-order valence-corrected chi connectivity index (χ0v) is 13.1. The molecule has 0 saturated heterocycles. The van der Waals surface area contributed by atoms with Crippen LogP contribution in [0.4, 0.5) is 0 Å². The second kappa shape index (κ2) is 5.89. The Labute approximate surface area is 124 Å². The average molecular weight is 271 g/mol. The molecule has 1 aromatic rings. The fraction of sp³-hybridized carbons (Fsp3) is 0.684. The van der Waals surface area contributed by atoms with E-state index in [1.165, 1.54) is 45.2 Å². The third kappa shape index (κ3) is 2.79. The van der Waals surface area contributed by atoms with Gasteiger partial charge >= 0.3 is 0 Å². The quantitative estimate of drug-likeness (QED) is 0.825. The van der Waals surface area contributed by atoms with Gasteiger partial charge in [-0.25, -0.2) is 0 Å². The number of hydrogen-bond acceptors (Lipinski definition) is 1. The van der Waals surface area contributed by atoms with E-state index in [2.05, 4.69) is 49.5 Å². The first-order valence-corrected chi connectivity index (χ1v) is 8.48. The van der Waals surface area contributed by atoms with Crippen LogP contribution in [0.25, 0.3) is 0 Å². The van der Waals surface area contributed by atoms with Crippen LogP contribution in [-0.2, 0) is 0 Å². The summed E-state index contributed by atoms with van der Waals surface area (Å²) < 4.78 is 0. The fourth-order valence-electron chi connectivity index (χ4n) is 4.40. The van der Waals surface area contributed by atoms with E-state index < -0.39 is 0 Å². The van der Waals surface area contributed by atoms with Gasteiger partial charge in [0.25, 0.3) is 0 Å². The Balaban J connectivity index is 1.65. The van der Waals surface area contributed by atoms with Crippen molar-refractivity contribution in [2.75, 3.05) is 13.1 Å². The van der Waals surface area contributed by atoms with Crippen LogP contribution in [-0.4, -0.2) is 13.1 Å².